The molecule has 1 N–H and O–H groups in total. The number of carbonyl (C=O) groups is 1. The van der Waals surface area contributed by atoms with Crippen molar-refractivity contribution >= 4 is 17.7 Å². The van der Waals surface area contributed by atoms with E-state index in [1.807, 2.05) is 11.6 Å². The summed E-state index contributed by atoms with van der Waals surface area (Å²) < 4.78 is 6.57. The van der Waals surface area contributed by atoms with Crippen LogP contribution in [0.5, 0.6) is 0 Å². The molecule has 0 saturated carbocycles. The minimum atomic E-state index is -0.193. The SMILES string of the molecule is COC(=O)[C@H]1C[C@H](Sc2nncn2C)CN1. The van der Waals surface area contributed by atoms with Crippen LogP contribution in [0.3, 0.4) is 0 Å². The van der Waals surface area contributed by atoms with E-state index in [2.05, 4.69) is 15.5 Å². The molecule has 88 valence electrons. The second kappa shape index (κ2) is 4.84. The lowest BCUT2D eigenvalue weighted by atomic mass is 10.2. The molecular formula is C9H14N4O2S. The van der Waals surface area contributed by atoms with Crippen LogP contribution in [-0.4, -0.2) is 45.7 Å². The van der Waals surface area contributed by atoms with Gasteiger partial charge in [-0.3, -0.25) is 4.79 Å². The average molecular weight is 242 g/mol. The lowest BCUT2D eigenvalue weighted by Crippen LogP contribution is -2.31. The number of nitrogens with one attached hydrogen (secondary N) is 1. The van der Waals surface area contributed by atoms with Crippen molar-refractivity contribution in [2.24, 2.45) is 7.05 Å². The topological polar surface area (TPSA) is 69.0 Å². The van der Waals surface area contributed by atoms with Crippen LogP contribution in [0, 0.1) is 0 Å². The zero-order chi connectivity index (χ0) is 11.5. The molecular weight excluding hydrogens is 228 g/mol. The van der Waals surface area contributed by atoms with Crippen molar-refractivity contribution in [2.75, 3.05) is 13.7 Å². The van der Waals surface area contributed by atoms with Gasteiger partial charge in [0, 0.05) is 18.8 Å². The molecule has 0 unspecified atom stereocenters. The molecule has 2 rings (SSSR count). The Kier molecular flexibility index (Phi) is 3.45. The predicted molar refractivity (Wildman–Crippen MR) is 59.1 cm³/mol. The third-order valence-electron chi connectivity index (χ3n) is 2.52. The van der Waals surface area contributed by atoms with E-state index in [-0.39, 0.29) is 12.0 Å². The van der Waals surface area contributed by atoms with Gasteiger partial charge in [-0.1, -0.05) is 11.8 Å². The van der Waals surface area contributed by atoms with Gasteiger partial charge in [0.2, 0.25) is 0 Å². The molecule has 1 aromatic rings. The van der Waals surface area contributed by atoms with Crippen molar-refractivity contribution in [3.8, 4) is 0 Å². The summed E-state index contributed by atoms with van der Waals surface area (Å²) in [6.07, 6.45) is 2.44. The van der Waals surface area contributed by atoms with E-state index in [0.29, 0.717) is 5.25 Å². The maximum absolute atomic E-state index is 11.3. The zero-order valence-corrected chi connectivity index (χ0v) is 10.0. The molecule has 1 fully saturated rings. The Morgan fingerprint density at radius 3 is 3.19 bits per heavy atom. The average Bonchev–Trinajstić information content (AvgIpc) is 2.89. The van der Waals surface area contributed by atoms with Crippen LogP contribution in [0.1, 0.15) is 6.42 Å². The van der Waals surface area contributed by atoms with Gasteiger partial charge in [-0.15, -0.1) is 10.2 Å². The maximum atomic E-state index is 11.3. The standard InChI is InChI=1S/C9H14N4O2S/c1-13-5-11-12-9(13)16-6-3-7(10-4-6)8(14)15-2/h5-7,10H,3-4H2,1-2H3/t6-,7+/m0/s1. The van der Waals surface area contributed by atoms with E-state index in [0.717, 1.165) is 18.1 Å². The number of thioether (sulfide) groups is 1. The Balaban J connectivity index is 1.90. The first-order valence-electron chi connectivity index (χ1n) is 5.02. The number of methoxy groups -OCH3 is 1. The Hall–Kier alpha value is -1.08. The van der Waals surface area contributed by atoms with E-state index in [9.17, 15) is 4.79 Å². The van der Waals surface area contributed by atoms with Crippen molar-refractivity contribution in [3.63, 3.8) is 0 Å². The number of esters is 1. The van der Waals surface area contributed by atoms with Crippen LogP contribution in [-0.2, 0) is 16.6 Å². The smallest absolute Gasteiger partial charge is 0.322 e. The van der Waals surface area contributed by atoms with Gasteiger partial charge in [-0.25, -0.2) is 0 Å². The minimum Gasteiger partial charge on any atom is -0.468 e. The van der Waals surface area contributed by atoms with Crippen LogP contribution in [0.2, 0.25) is 0 Å². The van der Waals surface area contributed by atoms with Gasteiger partial charge >= 0.3 is 5.97 Å². The molecule has 2 heterocycles. The van der Waals surface area contributed by atoms with E-state index in [1.54, 1.807) is 18.1 Å². The van der Waals surface area contributed by atoms with Crippen molar-refractivity contribution < 1.29 is 9.53 Å². The Morgan fingerprint density at radius 1 is 1.75 bits per heavy atom. The summed E-state index contributed by atoms with van der Waals surface area (Å²) >= 11 is 1.64. The predicted octanol–water partition coefficient (Wildman–Crippen LogP) is -0.189. The first kappa shape index (κ1) is 11.4. The monoisotopic (exact) mass is 242 g/mol. The summed E-state index contributed by atoms with van der Waals surface area (Å²) in [7, 11) is 3.32. The van der Waals surface area contributed by atoms with Crippen LogP contribution in [0.25, 0.3) is 0 Å². The summed E-state index contributed by atoms with van der Waals surface area (Å²) in [5.41, 5.74) is 0. The lowest BCUT2D eigenvalue weighted by Gasteiger charge is -2.07. The molecule has 2 atom stereocenters. The molecule has 1 aliphatic heterocycles. The van der Waals surface area contributed by atoms with Gasteiger partial charge in [-0.05, 0) is 6.42 Å². The van der Waals surface area contributed by atoms with Gasteiger partial charge in [0.25, 0.3) is 0 Å². The van der Waals surface area contributed by atoms with Crippen molar-refractivity contribution in [1.29, 1.82) is 0 Å². The number of aryl methyl sites for hydroxylation is 1. The number of hydrogen-bond donors (Lipinski definition) is 1. The largest absolute Gasteiger partial charge is 0.468 e. The van der Waals surface area contributed by atoms with E-state index in [1.165, 1.54) is 7.11 Å². The molecule has 6 nitrogen and oxygen atoms in total. The summed E-state index contributed by atoms with van der Waals surface area (Å²) in [6, 6.07) is -0.185. The van der Waals surface area contributed by atoms with Crippen molar-refractivity contribution in [2.45, 2.75) is 22.9 Å². The molecule has 0 aromatic carbocycles. The molecule has 16 heavy (non-hydrogen) atoms. The zero-order valence-electron chi connectivity index (χ0n) is 9.21. The fraction of sp³-hybridized carbons (Fsp3) is 0.667. The van der Waals surface area contributed by atoms with Gasteiger partial charge in [0.1, 0.15) is 12.4 Å². The van der Waals surface area contributed by atoms with Crippen LogP contribution < -0.4 is 5.32 Å². The summed E-state index contributed by atoms with van der Waals surface area (Å²) in [4.78, 5) is 11.3. The third-order valence-corrected chi connectivity index (χ3v) is 3.79. The molecule has 0 spiro atoms. The summed E-state index contributed by atoms with van der Waals surface area (Å²) in [5.74, 6) is -0.193. The summed E-state index contributed by atoms with van der Waals surface area (Å²) in [6.45, 7) is 0.789. The van der Waals surface area contributed by atoms with Crippen molar-refractivity contribution in [3.05, 3.63) is 6.33 Å². The second-order valence-electron chi connectivity index (χ2n) is 3.68. The number of nitrogens with zero attached hydrogens (tertiary/aromatic N) is 3. The van der Waals surface area contributed by atoms with Gasteiger partial charge < -0.3 is 14.6 Å². The molecule has 1 saturated heterocycles. The number of aromatic nitrogens is 3. The molecule has 0 aliphatic carbocycles. The molecule has 0 bridgehead atoms. The lowest BCUT2D eigenvalue weighted by molar-refractivity contribution is -0.142. The van der Waals surface area contributed by atoms with Crippen LogP contribution in [0.4, 0.5) is 0 Å². The van der Waals surface area contributed by atoms with Crippen LogP contribution in [0.15, 0.2) is 11.5 Å². The second-order valence-corrected chi connectivity index (χ2v) is 4.95. The van der Waals surface area contributed by atoms with E-state index in [4.69, 9.17) is 4.74 Å². The Labute approximate surface area is 97.8 Å². The fourth-order valence-corrected chi connectivity index (χ4v) is 2.72. The number of ether oxygens (including phenoxy) is 1. The third kappa shape index (κ3) is 2.35. The van der Waals surface area contributed by atoms with Crippen LogP contribution >= 0.6 is 11.8 Å². The highest BCUT2D eigenvalue weighted by atomic mass is 32.2. The first-order valence-corrected chi connectivity index (χ1v) is 5.90. The van der Waals surface area contributed by atoms with E-state index < -0.39 is 0 Å². The number of hydrogen-bond acceptors (Lipinski definition) is 6. The van der Waals surface area contributed by atoms with Crippen molar-refractivity contribution in [1.82, 2.24) is 20.1 Å². The quantitative estimate of drug-likeness (QED) is 0.741. The van der Waals surface area contributed by atoms with Gasteiger partial charge in [0.15, 0.2) is 5.16 Å². The van der Waals surface area contributed by atoms with Gasteiger partial charge in [-0.2, -0.15) is 0 Å². The summed E-state index contributed by atoms with van der Waals surface area (Å²) in [5, 5.41) is 12.2. The number of carbonyl (C=O) groups excluding carboxylic acids is 1. The molecule has 0 amide bonds. The minimum absolute atomic E-state index is 0.185. The Morgan fingerprint density at radius 2 is 2.56 bits per heavy atom. The number of rotatable bonds is 3. The van der Waals surface area contributed by atoms with Gasteiger partial charge in [0.05, 0.1) is 7.11 Å². The van der Waals surface area contributed by atoms with E-state index >= 15 is 0 Å². The normalized spacial score (nSPS) is 24.6. The molecule has 0 radical (unpaired) electrons. The highest BCUT2D eigenvalue weighted by Gasteiger charge is 2.31. The maximum Gasteiger partial charge on any atom is 0.322 e. The highest BCUT2D eigenvalue weighted by Crippen LogP contribution is 2.27. The molecule has 1 aromatic heterocycles. The Bertz CT molecular complexity index is 381. The molecule has 7 heteroatoms. The molecule has 1 aliphatic rings. The fourth-order valence-electron chi connectivity index (χ4n) is 1.64. The first-order chi connectivity index (χ1) is 7.70. The highest BCUT2D eigenvalue weighted by molar-refractivity contribution is 7.99.